The predicted octanol–water partition coefficient (Wildman–Crippen LogP) is 2.38. The first-order valence-corrected chi connectivity index (χ1v) is 12.2. The van der Waals surface area contributed by atoms with Gasteiger partial charge in [-0.1, -0.05) is 48.5 Å². The van der Waals surface area contributed by atoms with Crippen molar-refractivity contribution >= 4 is 27.5 Å². The zero-order valence-corrected chi connectivity index (χ0v) is 18.4. The van der Waals surface area contributed by atoms with Gasteiger partial charge in [-0.2, -0.15) is 5.10 Å². The minimum absolute atomic E-state index is 0.187. The number of carbonyl (C=O) groups excluding carboxylic acids is 2. The van der Waals surface area contributed by atoms with E-state index in [1.54, 1.807) is 12.1 Å². The average Bonchev–Trinajstić information content (AvgIpc) is 3.25. The van der Waals surface area contributed by atoms with Gasteiger partial charge in [0.1, 0.15) is 5.82 Å². The van der Waals surface area contributed by atoms with Crippen LogP contribution in [0.4, 0.5) is 5.82 Å². The van der Waals surface area contributed by atoms with Crippen LogP contribution in [0.2, 0.25) is 0 Å². The molecule has 1 atom stereocenters. The van der Waals surface area contributed by atoms with Crippen molar-refractivity contribution < 1.29 is 18.0 Å². The number of aromatic nitrogens is 2. The molecule has 3 aromatic rings. The number of anilines is 1. The summed E-state index contributed by atoms with van der Waals surface area (Å²) in [4.78, 5) is 25.1. The molecule has 1 aromatic heterocycles. The van der Waals surface area contributed by atoms with Crippen LogP contribution in [0.25, 0.3) is 5.69 Å². The predicted molar refractivity (Wildman–Crippen MR) is 121 cm³/mol. The van der Waals surface area contributed by atoms with Gasteiger partial charge in [0.15, 0.2) is 9.84 Å². The number of fused-ring (bicyclic) bond motifs is 1. The lowest BCUT2D eigenvalue weighted by atomic mass is 10.1. The quantitative estimate of drug-likeness (QED) is 0.558. The molecule has 1 aliphatic heterocycles. The lowest BCUT2D eigenvalue weighted by Gasteiger charge is -2.15. The molecule has 1 aliphatic rings. The summed E-state index contributed by atoms with van der Waals surface area (Å²) in [6.07, 6.45) is 1.45. The Morgan fingerprint density at radius 2 is 1.66 bits per heavy atom. The maximum absolute atomic E-state index is 12.7. The lowest BCUT2D eigenvalue weighted by Crippen LogP contribution is -2.41. The van der Waals surface area contributed by atoms with E-state index in [-0.39, 0.29) is 23.4 Å². The maximum Gasteiger partial charge on any atom is 0.314 e. The van der Waals surface area contributed by atoms with Gasteiger partial charge in [0.2, 0.25) is 0 Å². The molecule has 2 amide bonds. The topological polar surface area (TPSA) is 110 Å². The Morgan fingerprint density at radius 1 is 1.00 bits per heavy atom. The Balaban J connectivity index is 1.47. The molecule has 4 rings (SSSR count). The number of sulfone groups is 1. The van der Waals surface area contributed by atoms with Gasteiger partial charge in [-0.3, -0.25) is 9.59 Å². The van der Waals surface area contributed by atoms with Crippen LogP contribution < -0.4 is 10.6 Å². The molecule has 0 saturated carbocycles. The van der Waals surface area contributed by atoms with E-state index >= 15 is 0 Å². The number of nitrogens with zero attached hydrogens (tertiary/aromatic N) is 2. The summed E-state index contributed by atoms with van der Waals surface area (Å²) in [5.41, 5.74) is 2.63. The first-order valence-electron chi connectivity index (χ1n) is 10.3. The number of amides is 2. The number of nitrogens with one attached hydrogen (secondary N) is 2. The SMILES string of the molecule is CC(CCc1ccccc1)NC(=O)C(=O)Nc1c2c(nn1-c1ccccc1)CS(=O)(=O)C2. The molecule has 1 unspecified atom stereocenters. The Bertz CT molecular complexity index is 1240. The first-order chi connectivity index (χ1) is 15.3. The van der Waals surface area contributed by atoms with Crippen LogP contribution in [0.5, 0.6) is 0 Å². The third-order valence-corrected chi connectivity index (χ3v) is 6.75. The molecule has 166 valence electrons. The number of hydrogen-bond donors (Lipinski definition) is 2. The van der Waals surface area contributed by atoms with E-state index in [0.29, 0.717) is 23.4 Å². The van der Waals surface area contributed by atoms with E-state index in [4.69, 9.17) is 0 Å². The van der Waals surface area contributed by atoms with E-state index in [0.717, 1.165) is 12.0 Å². The standard InChI is InChI=1S/C23H24N4O4S/c1-16(12-13-17-8-4-2-5-9-17)24-22(28)23(29)25-21-19-14-32(30,31)15-20(19)26-27(21)18-10-6-3-7-11-18/h2-11,16H,12-15H2,1H3,(H,24,28)(H,25,29). The van der Waals surface area contributed by atoms with Crippen LogP contribution in [0, 0.1) is 0 Å². The third kappa shape index (κ3) is 4.88. The number of para-hydroxylation sites is 1. The summed E-state index contributed by atoms with van der Waals surface area (Å²) >= 11 is 0. The van der Waals surface area contributed by atoms with Crippen molar-refractivity contribution in [2.75, 3.05) is 5.32 Å². The minimum Gasteiger partial charge on any atom is -0.345 e. The lowest BCUT2D eigenvalue weighted by molar-refractivity contribution is -0.136. The molecule has 0 saturated heterocycles. The fourth-order valence-electron chi connectivity index (χ4n) is 3.68. The van der Waals surface area contributed by atoms with Crippen molar-refractivity contribution in [3.8, 4) is 5.69 Å². The monoisotopic (exact) mass is 452 g/mol. The van der Waals surface area contributed by atoms with E-state index in [2.05, 4.69) is 15.7 Å². The molecule has 9 heteroatoms. The van der Waals surface area contributed by atoms with Crippen molar-refractivity contribution in [3.63, 3.8) is 0 Å². The van der Waals surface area contributed by atoms with Crippen molar-refractivity contribution in [3.05, 3.63) is 77.5 Å². The Morgan fingerprint density at radius 3 is 2.34 bits per heavy atom. The fraction of sp³-hybridized carbons (Fsp3) is 0.261. The molecule has 2 heterocycles. The van der Waals surface area contributed by atoms with E-state index < -0.39 is 21.7 Å². The summed E-state index contributed by atoms with van der Waals surface area (Å²) in [7, 11) is -3.32. The summed E-state index contributed by atoms with van der Waals surface area (Å²) in [6.45, 7) is 1.84. The molecular formula is C23H24N4O4S. The van der Waals surface area contributed by atoms with Crippen LogP contribution in [0.1, 0.15) is 30.2 Å². The second-order valence-electron chi connectivity index (χ2n) is 7.91. The maximum atomic E-state index is 12.7. The Labute approximate surface area is 186 Å². The largest absolute Gasteiger partial charge is 0.345 e. The van der Waals surface area contributed by atoms with Gasteiger partial charge in [0.25, 0.3) is 0 Å². The number of carbonyl (C=O) groups is 2. The molecule has 0 aliphatic carbocycles. The molecular weight excluding hydrogens is 428 g/mol. The highest BCUT2D eigenvalue weighted by molar-refractivity contribution is 7.90. The van der Waals surface area contributed by atoms with Crippen LogP contribution in [0.3, 0.4) is 0 Å². The van der Waals surface area contributed by atoms with Crippen LogP contribution in [-0.4, -0.2) is 36.1 Å². The van der Waals surface area contributed by atoms with Gasteiger partial charge in [0.05, 0.1) is 22.9 Å². The molecule has 0 radical (unpaired) electrons. The van der Waals surface area contributed by atoms with Crippen molar-refractivity contribution in [1.82, 2.24) is 15.1 Å². The number of benzene rings is 2. The van der Waals surface area contributed by atoms with Crippen LogP contribution in [-0.2, 0) is 37.4 Å². The molecule has 8 nitrogen and oxygen atoms in total. The molecule has 2 aromatic carbocycles. The zero-order chi connectivity index (χ0) is 22.7. The second-order valence-corrected chi connectivity index (χ2v) is 9.97. The normalized spacial score (nSPS) is 15.0. The van der Waals surface area contributed by atoms with Gasteiger partial charge in [-0.25, -0.2) is 13.1 Å². The number of rotatable bonds is 6. The number of hydrogen-bond acceptors (Lipinski definition) is 5. The summed E-state index contributed by atoms with van der Waals surface area (Å²) in [5, 5.41) is 9.68. The fourth-order valence-corrected chi connectivity index (χ4v) is 5.17. The second kappa shape index (κ2) is 8.96. The average molecular weight is 453 g/mol. The Hall–Kier alpha value is -3.46. The summed E-state index contributed by atoms with van der Waals surface area (Å²) in [6, 6.07) is 18.7. The first kappa shape index (κ1) is 21.8. The number of aryl methyl sites for hydroxylation is 1. The van der Waals surface area contributed by atoms with Gasteiger partial charge >= 0.3 is 11.8 Å². The molecule has 2 N–H and O–H groups in total. The summed E-state index contributed by atoms with van der Waals surface area (Å²) in [5.74, 6) is -1.83. The van der Waals surface area contributed by atoms with Crippen LogP contribution in [0.15, 0.2) is 60.7 Å². The van der Waals surface area contributed by atoms with Gasteiger partial charge in [-0.15, -0.1) is 0 Å². The van der Waals surface area contributed by atoms with E-state index in [1.807, 2.05) is 55.5 Å². The molecule has 0 fully saturated rings. The third-order valence-electron chi connectivity index (χ3n) is 5.31. The summed E-state index contributed by atoms with van der Waals surface area (Å²) < 4.78 is 25.6. The van der Waals surface area contributed by atoms with Crippen molar-refractivity contribution in [2.45, 2.75) is 37.3 Å². The van der Waals surface area contributed by atoms with Gasteiger partial charge in [0, 0.05) is 11.6 Å². The minimum atomic E-state index is -3.32. The van der Waals surface area contributed by atoms with Gasteiger partial charge in [-0.05, 0) is 37.5 Å². The zero-order valence-electron chi connectivity index (χ0n) is 17.6. The van der Waals surface area contributed by atoms with Crippen molar-refractivity contribution in [2.24, 2.45) is 0 Å². The molecule has 0 bridgehead atoms. The van der Waals surface area contributed by atoms with E-state index in [1.165, 1.54) is 4.68 Å². The van der Waals surface area contributed by atoms with E-state index in [9.17, 15) is 18.0 Å². The molecule has 32 heavy (non-hydrogen) atoms. The van der Waals surface area contributed by atoms with Crippen molar-refractivity contribution in [1.29, 1.82) is 0 Å². The Kier molecular flexibility index (Phi) is 6.09. The van der Waals surface area contributed by atoms with Gasteiger partial charge < -0.3 is 10.6 Å². The highest BCUT2D eigenvalue weighted by Crippen LogP contribution is 2.32. The smallest absolute Gasteiger partial charge is 0.314 e. The van der Waals surface area contributed by atoms with Crippen LogP contribution >= 0.6 is 0 Å². The highest BCUT2D eigenvalue weighted by atomic mass is 32.2. The molecule has 0 spiro atoms. The highest BCUT2D eigenvalue weighted by Gasteiger charge is 2.34.